The number of aromatic nitrogens is 1. The number of pyridine rings is 1. The highest BCUT2D eigenvalue weighted by molar-refractivity contribution is 5.52. The van der Waals surface area contributed by atoms with Gasteiger partial charge in [-0.05, 0) is 24.9 Å². The first-order valence-corrected chi connectivity index (χ1v) is 6.87. The van der Waals surface area contributed by atoms with Crippen LogP contribution >= 0.6 is 0 Å². The van der Waals surface area contributed by atoms with E-state index in [0.29, 0.717) is 17.5 Å². The molecule has 1 saturated heterocycles. The molecule has 2 aliphatic heterocycles. The van der Waals surface area contributed by atoms with E-state index >= 15 is 0 Å². The van der Waals surface area contributed by atoms with Gasteiger partial charge in [0.25, 0.3) is 5.56 Å². The van der Waals surface area contributed by atoms with Gasteiger partial charge >= 0.3 is 0 Å². The quantitative estimate of drug-likeness (QED) is 0.795. The van der Waals surface area contributed by atoms with Crippen LogP contribution in [-0.4, -0.2) is 36.9 Å². The van der Waals surface area contributed by atoms with Crippen LogP contribution in [0.3, 0.4) is 0 Å². The minimum Gasteiger partial charge on any atom is -0.392 e. The molecule has 0 amide bonds. The van der Waals surface area contributed by atoms with Gasteiger partial charge in [0.05, 0.1) is 6.61 Å². The van der Waals surface area contributed by atoms with Gasteiger partial charge in [-0.1, -0.05) is 0 Å². The zero-order valence-corrected chi connectivity index (χ0v) is 11.5. The minimum absolute atomic E-state index is 0.0446. The van der Waals surface area contributed by atoms with Gasteiger partial charge in [0.15, 0.2) is 0 Å². The summed E-state index contributed by atoms with van der Waals surface area (Å²) in [7, 11) is 3.71. The van der Waals surface area contributed by atoms with Crippen LogP contribution in [0.5, 0.6) is 0 Å². The molecule has 2 atom stereocenters. The van der Waals surface area contributed by atoms with Crippen LogP contribution in [0.1, 0.15) is 23.6 Å². The standard InChI is InChI=1S/C14H21N3O2/c1-16(2)13-11(8-18)4-12-10-3-9(5-15-6-10)7-17(12)14(13)19/h4,9-10,15,18H,3,5-8H2,1-2H3. The van der Waals surface area contributed by atoms with Crippen molar-refractivity contribution in [1.82, 2.24) is 9.88 Å². The summed E-state index contributed by atoms with van der Waals surface area (Å²) in [5.41, 5.74) is 2.50. The molecule has 0 saturated carbocycles. The van der Waals surface area contributed by atoms with Crippen LogP contribution < -0.4 is 15.8 Å². The Hall–Kier alpha value is -1.33. The molecule has 19 heavy (non-hydrogen) atoms. The Morgan fingerprint density at radius 1 is 1.47 bits per heavy atom. The van der Waals surface area contributed by atoms with E-state index in [1.807, 2.05) is 29.6 Å². The van der Waals surface area contributed by atoms with E-state index in [-0.39, 0.29) is 12.2 Å². The molecule has 104 valence electrons. The fourth-order valence-electron chi connectivity index (χ4n) is 3.49. The number of rotatable bonds is 2. The molecule has 0 aliphatic carbocycles. The topological polar surface area (TPSA) is 57.5 Å². The van der Waals surface area contributed by atoms with Gasteiger partial charge in [-0.2, -0.15) is 0 Å². The largest absolute Gasteiger partial charge is 0.392 e. The lowest BCUT2D eigenvalue weighted by atomic mass is 9.83. The van der Waals surface area contributed by atoms with Crippen molar-refractivity contribution in [2.75, 3.05) is 32.1 Å². The minimum atomic E-state index is -0.0832. The second kappa shape index (κ2) is 4.65. The third-order valence-electron chi connectivity index (χ3n) is 4.30. The van der Waals surface area contributed by atoms with Crippen molar-refractivity contribution < 1.29 is 5.11 Å². The summed E-state index contributed by atoms with van der Waals surface area (Å²) in [6.07, 6.45) is 1.15. The molecule has 3 rings (SSSR count). The number of fused-ring (bicyclic) bond motifs is 4. The molecule has 1 aromatic heterocycles. The van der Waals surface area contributed by atoms with Crippen molar-refractivity contribution in [2.24, 2.45) is 5.92 Å². The van der Waals surface area contributed by atoms with E-state index in [9.17, 15) is 9.90 Å². The van der Waals surface area contributed by atoms with E-state index in [2.05, 4.69) is 5.32 Å². The van der Waals surface area contributed by atoms with Gasteiger partial charge < -0.3 is 19.9 Å². The number of hydrogen-bond donors (Lipinski definition) is 2. The molecule has 0 aromatic carbocycles. The molecule has 3 heterocycles. The van der Waals surface area contributed by atoms with Crippen LogP contribution in [0, 0.1) is 5.92 Å². The maximum Gasteiger partial charge on any atom is 0.274 e. The lowest BCUT2D eigenvalue weighted by molar-refractivity contribution is 0.253. The Balaban J connectivity index is 2.19. The van der Waals surface area contributed by atoms with Crippen LogP contribution in [0.2, 0.25) is 0 Å². The van der Waals surface area contributed by atoms with Crippen LogP contribution in [0.4, 0.5) is 5.69 Å². The summed E-state index contributed by atoms with van der Waals surface area (Å²) in [6.45, 7) is 2.65. The third-order valence-corrected chi connectivity index (χ3v) is 4.30. The molecular formula is C14H21N3O2. The van der Waals surface area contributed by atoms with Crippen molar-refractivity contribution in [3.8, 4) is 0 Å². The Morgan fingerprint density at radius 3 is 2.95 bits per heavy atom. The number of nitrogens with zero attached hydrogens (tertiary/aromatic N) is 2. The van der Waals surface area contributed by atoms with Gasteiger partial charge in [-0.15, -0.1) is 0 Å². The third kappa shape index (κ3) is 1.97. The number of nitrogens with one attached hydrogen (secondary N) is 1. The molecule has 1 fully saturated rings. The zero-order valence-electron chi connectivity index (χ0n) is 11.5. The fourth-order valence-corrected chi connectivity index (χ4v) is 3.49. The van der Waals surface area contributed by atoms with Crippen molar-refractivity contribution in [2.45, 2.75) is 25.5 Å². The van der Waals surface area contributed by atoms with Gasteiger partial charge in [0, 0.05) is 44.4 Å². The number of anilines is 1. The highest BCUT2D eigenvalue weighted by Gasteiger charge is 2.32. The van der Waals surface area contributed by atoms with E-state index < -0.39 is 0 Å². The van der Waals surface area contributed by atoms with Crippen molar-refractivity contribution in [3.05, 3.63) is 27.7 Å². The average molecular weight is 263 g/mol. The highest BCUT2D eigenvalue weighted by Crippen LogP contribution is 2.33. The number of aliphatic hydroxyl groups is 1. The molecule has 2 aliphatic rings. The molecule has 2 unspecified atom stereocenters. The Morgan fingerprint density at radius 2 is 2.26 bits per heavy atom. The monoisotopic (exact) mass is 263 g/mol. The molecule has 2 bridgehead atoms. The van der Waals surface area contributed by atoms with Gasteiger partial charge in [-0.3, -0.25) is 4.79 Å². The first kappa shape index (κ1) is 12.7. The van der Waals surface area contributed by atoms with Crippen molar-refractivity contribution >= 4 is 5.69 Å². The van der Waals surface area contributed by atoms with E-state index in [1.165, 1.54) is 0 Å². The molecule has 0 radical (unpaired) electrons. The summed E-state index contributed by atoms with van der Waals surface area (Å²) >= 11 is 0. The summed E-state index contributed by atoms with van der Waals surface area (Å²) in [6, 6.07) is 2.02. The lowest BCUT2D eigenvalue weighted by Gasteiger charge is -2.38. The van der Waals surface area contributed by atoms with Crippen LogP contribution in [-0.2, 0) is 13.2 Å². The van der Waals surface area contributed by atoms with Crippen molar-refractivity contribution in [3.63, 3.8) is 0 Å². The molecule has 5 nitrogen and oxygen atoms in total. The molecule has 2 N–H and O–H groups in total. The number of piperidine rings is 1. The SMILES string of the molecule is CN(C)c1c(CO)cc2n(c1=O)CC1CNCC2C1. The average Bonchev–Trinajstić information content (AvgIpc) is 2.39. The molecule has 0 spiro atoms. The number of aliphatic hydroxyl groups excluding tert-OH is 1. The Bertz CT molecular complexity index is 550. The van der Waals surface area contributed by atoms with Gasteiger partial charge in [-0.25, -0.2) is 0 Å². The smallest absolute Gasteiger partial charge is 0.274 e. The molecule has 1 aromatic rings. The highest BCUT2D eigenvalue weighted by atomic mass is 16.3. The predicted molar refractivity (Wildman–Crippen MR) is 74.7 cm³/mol. The maximum atomic E-state index is 12.7. The van der Waals surface area contributed by atoms with Crippen LogP contribution in [0.25, 0.3) is 0 Å². The second-order valence-electron chi connectivity index (χ2n) is 5.87. The first-order valence-electron chi connectivity index (χ1n) is 6.87. The lowest BCUT2D eigenvalue weighted by Crippen LogP contribution is -2.45. The Labute approximate surface area is 112 Å². The van der Waals surface area contributed by atoms with Gasteiger partial charge in [0.2, 0.25) is 0 Å². The summed E-state index contributed by atoms with van der Waals surface area (Å²) in [5.74, 6) is 0.959. The second-order valence-corrected chi connectivity index (χ2v) is 5.87. The normalized spacial score (nSPS) is 25.0. The van der Waals surface area contributed by atoms with E-state index in [0.717, 1.165) is 37.3 Å². The number of hydrogen-bond acceptors (Lipinski definition) is 4. The van der Waals surface area contributed by atoms with Crippen LogP contribution in [0.15, 0.2) is 10.9 Å². The zero-order chi connectivity index (χ0) is 13.6. The van der Waals surface area contributed by atoms with E-state index in [1.54, 1.807) is 0 Å². The predicted octanol–water partition coefficient (Wildman–Crippen LogP) is 0.113. The summed E-state index contributed by atoms with van der Waals surface area (Å²) < 4.78 is 1.92. The summed E-state index contributed by atoms with van der Waals surface area (Å²) in [4.78, 5) is 14.5. The Kier molecular flexibility index (Phi) is 3.11. The fraction of sp³-hybridized carbons (Fsp3) is 0.643. The van der Waals surface area contributed by atoms with Gasteiger partial charge in [0.1, 0.15) is 5.69 Å². The maximum absolute atomic E-state index is 12.7. The first-order chi connectivity index (χ1) is 9.11. The molecule has 5 heteroatoms. The summed E-state index contributed by atoms with van der Waals surface area (Å²) in [5, 5.41) is 13.0. The van der Waals surface area contributed by atoms with Crippen molar-refractivity contribution in [1.29, 1.82) is 0 Å². The molecular weight excluding hydrogens is 242 g/mol. The van der Waals surface area contributed by atoms with E-state index in [4.69, 9.17) is 0 Å².